The molecule has 0 nitrogen and oxygen atoms in total. The molecule has 11 aliphatic rings. The van der Waals surface area contributed by atoms with Gasteiger partial charge in [-0.05, 0) is 215 Å². The summed E-state index contributed by atoms with van der Waals surface area (Å²) in [5, 5.41) is 0. The summed E-state index contributed by atoms with van der Waals surface area (Å²) in [6.07, 6.45) is 55.0. The normalized spacial score (nSPS) is 54.1. The Morgan fingerprint density at radius 2 is 0.463 bits per heavy atom. The van der Waals surface area contributed by atoms with Gasteiger partial charge in [-0.1, -0.05) is 122 Å². The van der Waals surface area contributed by atoms with Gasteiger partial charge >= 0.3 is 0 Å². The Hall–Kier alpha value is 0. The van der Waals surface area contributed by atoms with Gasteiger partial charge in [-0.2, -0.15) is 0 Å². The van der Waals surface area contributed by atoms with Crippen molar-refractivity contribution in [1.82, 2.24) is 0 Å². The molecule has 0 bridgehead atoms. The van der Waals surface area contributed by atoms with Crippen LogP contribution in [0.1, 0.15) is 218 Å². The highest BCUT2D eigenvalue weighted by Crippen LogP contribution is 2.69. The SMILES string of the molecule is C1CCC([C@@H]2CC[C@H](C3C4CCCC[C@@H]4C(C4C5CCCC[C@@H]5C(C5CCC6CCCC[C@H]6C5)[C@@H]5CCCC[C@H]45)[C@@H]4CCCC[C@H]34)C3CCCCC32)CC1. The van der Waals surface area contributed by atoms with Crippen molar-refractivity contribution in [3.05, 3.63) is 0 Å². The minimum atomic E-state index is 1.12. The van der Waals surface area contributed by atoms with Crippen molar-refractivity contribution in [1.29, 1.82) is 0 Å². The number of fused-ring (bicyclic) bond motifs is 6. The third kappa shape index (κ3) is 6.52. The quantitative estimate of drug-likeness (QED) is 0.270. The van der Waals surface area contributed by atoms with Crippen LogP contribution < -0.4 is 0 Å². The molecule has 19 atom stereocenters. The topological polar surface area (TPSA) is 0 Å². The monoisotopic (exact) mass is 737 g/mol. The van der Waals surface area contributed by atoms with Gasteiger partial charge < -0.3 is 0 Å². The predicted octanol–water partition coefficient (Wildman–Crippen LogP) is 15.7. The zero-order valence-electron chi connectivity index (χ0n) is 35.6. The highest BCUT2D eigenvalue weighted by Gasteiger charge is 2.62. The van der Waals surface area contributed by atoms with Gasteiger partial charge in [0.15, 0.2) is 0 Å². The van der Waals surface area contributed by atoms with Crippen LogP contribution in [0.25, 0.3) is 0 Å². The predicted molar refractivity (Wildman–Crippen MR) is 227 cm³/mol. The number of rotatable bonds is 4. The van der Waals surface area contributed by atoms with Crippen LogP contribution in [0.5, 0.6) is 0 Å². The molecule has 0 radical (unpaired) electrons. The summed E-state index contributed by atoms with van der Waals surface area (Å²) < 4.78 is 0. The maximum absolute atomic E-state index is 1.68. The summed E-state index contributed by atoms with van der Waals surface area (Å²) in [4.78, 5) is 0. The van der Waals surface area contributed by atoms with Gasteiger partial charge in [0, 0.05) is 0 Å². The molecular formula is C54H88. The van der Waals surface area contributed by atoms with Gasteiger partial charge in [0.2, 0.25) is 0 Å². The number of hydrogen-bond acceptors (Lipinski definition) is 0. The smallest absolute Gasteiger partial charge is 0.0318 e. The van der Waals surface area contributed by atoms with E-state index in [1.165, 1.54) is 0 Å². The van der Waals surface area contributed by atoms with Crippen molar-refractivity contribution in [2.24, 2.45) is 118 Å². The molecule has 0 aromatic heterocycles. The first kappa shape index (κ1) is 37.0. The molecule has 54 heavy (non-hydrogen) atoms. The Morgan fingerprint density at radius 1 is 0.148 bits per heavy atom. The van der Waals surface area contributed by atoms with Crippen LogP contribution in [0.4, 0.5) is 0 Å². The molecule has 0 heteroatoms. The molecule has 11 fully saturated rings. The van der Waals surface area contributed by atoms with Crippen molar-refractivity contribution in [2.75, 3.05) is 0 Å². The summed E-state index contributed by atoms with van der Waals surface area (Å²) >= 11 is 0. The summed E-state index contributed by atoms with van der Waals surface area (Å²) in [6.45, 7) is 0. The summed E-state index contributed by atoms with van der Waals surface area (Å²) in [5.74, 6) is 22.6. The first-order valence-corrected chi connectivity index (χ1v) is 26.8. The third-order valence-electron chi connectivity index (χ3n) is 22.6. The van der Waals surface area contributed by atoms with Crippen molar-refractivity contribution in [3.63, 3.8) is 0 Å². The van der Waals surface area contributed by atoms with E-state index in [1.807, 2.05) is 0 Å². The summed E-state index contributed by atoms with van der Waals surface area (Å²) in [5.41, 5.74) is 0. The van der Waals surface area contributed by atoms with E-state index in [0.29, 0.717) is 0 Å². The van der Waals surface area contributed by atoms with Crippen molar-refractivity contribution < 1.29 is 0 Å². The molecular weight excluding hydrogens is 649 g/mol. The average molecular weight is 737 g/mol. The second kappa shape index (κ2) is 16.2. The largest absolute Gasteiger partial charge is 0.0533 e. The van der Waals surface area contributed by atoms with Gasteiger partial charge in [0.05, 0.1) is 0 Å². The fraction of sp³-hybridized carbons (Fsp3) is 1.00. The van der Waals surface area contributed by atoms with Crippen LogP contribution in [0, 0.1) is 118 Å². The Labute approximate surface area is 335 Å². The summed E-state index contributed by atoms with van der Waals surface area (Å²) in [7, 11) is 0. The van der Waals surface area contributed by atoms with Gasteiger partial charge in [-0.25, -0.2) is 0 Å². The lowest BCUT2D eigenvalue weighted by molar-refractivity contribution is -0.182. The van der Waals surface area contributed by atoms with E-state index in [9.17, 15) is 0 Å². The maximum atomic E-state index is 1.68. The Kier molecular flexibility index (Phi) is 11.1. The second-order valence-corrected chi connectivity index (χ2v) is 24.1. The van der Waals surface area contributed by atoms with E-state index in [4.69, 9.17) is 0 Å². The molecule has 0 aromatic carbocycles. The van der Waals surface area contributed by atoms with Crippen LogP contribution in [0.2, 0.25) is 0 Å². The van der Waals surface area contributed by atoms with E-state index in [1.54, 1.807) is 218 Å². The van der Waals surface area contributed by atoms with Gasteiger partial charge in [-0.3, -0.25) is 0 Å². The Morgan fingerprint density at radius 3 is 0.981 bits per heavy atom. The maximum Gasteiger partial charge on any atom is -0.0318 e. The molecule has 0 heterocycles. The molecule has 10 unspecified atom stereocenters. The Bertz CT molecular complexity index is 1180. The van der Waals surface area contributed by atoms with Gasteiger partial charge in [-0.15, -0.1) is 0 Å². The first-order chi connectivity index (χ1) is 26.8. The van der Waals surface area contributed by atoms with Gasteiger partial charge in [0.25, 0.3) is 0 Å². The fourth-order valence-electron chi connectivity index (χ4n) is 21.3. The zero-order valence-corrected chi connectivity index (χ0v) is 35.6. The van der Waals surface area contributed by atoms with Gasteiger partial charge in [0.1, 0.15) is 0 Å². The molecule has 11 rings (SSSR count). The minimum absolute atomic E-state index is 1.12. The lowest BCUT2D eigenvalue weighted by Crippen LogP contribution is -2.60. The molecule has 11 aliphatic carbocycles. The number of hydrogen-bond donors (Lipinski definition) is 0. The molecule has 0 spiro atoms. The molecule has 0 amide bonds. The average Bonchev–Trinajstić information content (AvgIpc) is 3.25. The van der Waals surface area contributed by atoms with Crippen molar-refractivity contribution >= 4 is 0 Å². The molecule has 304 valence electrons. The van der Waals surface area contributed by atoms with Crippen LogP contribution in [-0.4, -0.2) is 0 Å². The van der Waals surface area contributed by atoms with Crippen molar-refractivity contribution in [2.45, 2.75) is 218 Å². The van der Waals surface area contributed by atoms with Crippen LogP contribution >= 0.6 is 0 Å². The molecule has 11 saturated carbocycles. The van der Waals surface area contributed by atoms with Crippen LogP contribution in [0.15, 0.2) is 0 Å². The highest BCUT2D eigenvalue weighted by molar-refractivity contribution is 5.11. The first-order valence-electron chi connectivity index (χ1n) is 26.8. The summed E-state index contributed by atoms with van der Waals surface area (Å²) in [6, 6.07) is 0. The zero-order chi connectivity index (χ0) is 35.6. The Balaban J connectivity index is 0.921. The highest BCUT2D eigenvalue weighted by atomic mass is 14.7. The molecule has 0 saturated heterocycles. The molecule has 0 N–H and O–H groups in total. The van der Waals surface area contributed by atoms with Crippen LogP contribution in [-0.2, 0) is 0 Å². The standard InChI is InChI=1S/C54H88/c1-2-17-36(18-3-1)39-32-33-50(41-21-7-6-20-40(39)41)52-44-24-10-14-28-48(44)54(49-29-15-11-25-45(49)52)53-46-26-12-8-22-42(46)51(43-23-9-13-27-47(43)53)38-31-30-35-16-4-5-19-37(35)34-38/h35-54H,1-34H2/t35?,37-,38?,39-,40?,41?,42-,43+,44-,45?,46?,47-,48+,49-,50-,51?,52?,53?,54?/m0/s1. The lowest BCUT2D eigenvalue weighted by atomic mass is 9.38. The second-order valence-electron chi connectivity index (χ2n) is 24.1. The fourth-order valence-corrected chi connectivity index (χ4v) is 21.3. The molecule has 0 aliphatic heterocycles. The molecule has 0 aromatic rings. The van der Waals surface area contributed by atoms with E-state index in [0.717, 1.165) is 118 Å². The minimum Gasteiger partial charge on any atom is -0.0533 e. The lowest BCUT2D eigenvalue weighted by Gasteiger charge is -2.66. The van der Waals surface area contributed by atoms with E-state index in [2.05, 4.69) is 0 Å². The van der Waals surface area contributed by atoms with E-state index >= 15 is 0 Å². The van der Waals surface area contributed by atoms with Crippen molar-refractivity contribution in [3.8, 4) is 0 Å². The van der Waals surface area contributed by atoms with E-state index < -0.39 is 0 Å². The van der Waals surface area contributed by atoms with Crippen LogP contribution in [0.3, 0.4) is 0 Å². The third-order valence-corrected chi connectivity index (χ3v) is 22.6. The van der Waals surface area contributed by atoms with E-state index in [-0.39, 0.29) is 0 Å².